The van der Waals surface area contributed by atoms with Crippen LogP contribution in [-0.4, -0.2) is 15.1 Å². The molecule has 2 aromatic rings. The van der Waals surface area contributed by atoms with Gasteiger partial charge in [-0.2, -0.15) is 0 Å². The lowest BCUT2D eigenvalue weighted by Gasteiger charge is -2.11. The summed E-state index contributed by atoms with van der Waals surface area (Å²) in [5.74, 6) is 0.512. The van der Waals surface area contributed by atoms with Crippen molar-refractivity contribution in [2.24, 2.45) is 0 Å². The predicted molar refractivity (Wildman–Crippen MR) is 82.0 cm³/mol. The molecule has 0 fully saturated rings. The number of nitrogens with one attached hydrogen (secondary N) is 3. The molecular formula is C12H15N5S2. The lowest BCUT2D eigenvalue weighted by atomic mass is 10.4. The number of hydrogen-bond acceptors (Lipinski definition) is 5. The van der Waals surface area contributed by atoms with E-state index < -0.39 is 0 Å². The van der Waals surface area contributed by atoms with Gasteiger partial charge in [0.1, 0.15) is 0 Å². The van der Waals surface area contributed by atoms with Crippen LogP contribution in [0.25, 0.3) is 0 Å². The average molecular weight is 293 g/mol. The number of thiophene rings is 1. The van der Waals surface area contributed by atoms with E-state index in [0.29, 0.717) is 17.6 Å². The molecule has 7 heteroatoms. The van der Waals surface area contributed by atoms with E-state index in [1.165, 1.54) is 4.88 Å². The maximum atomic E-state index is 5.16. The molecule has 2 heterocycles. The van der Waals surface area contributed by atoms with Gasteiger partial charge in [0.15, 0.2) is 5.11 Å². The number of thiocarbonyl (C=S) groups is 1. The van der Waals surface area contributed by atoms with Gasteiger partial charge in [-0.1, -0.05) is 6.07 Å². The number of aryl methyl sites for hydroxylation is 2. The molecule has 0 aliphatic rings. The third-order valence-corrected chi connectivity index (χ3v) is 3.40. The number of hydrogen-bond donors (Lipinski definition) is 3. The first-order valence-corrected chi connectivity index (χ1v) is 7.07. The number of anilines is 1. The van der Waals surface area contributed by atoms with Crippen molar-refractivity contribution in [3.8, 4) is 0 Å². The smallest absolute Gasteiger partial charge is 0.242 e. The van der Waals surface area contributed by atoms with Crippen molar-refractivity contribution in [2.45, 2.75) is 20.4 Å². The highest BCUT2D eigenvalue weighted by Crippen LogP contribution is 2.07. The number of hydrazine groups is 1. The van der Waals surface area contributed by atoms with Crippen molar-refractivity contribution in [1.29, 1.82) is 0 Å². The quantitative estimate of drug-likeness (QED) is 0.593. The van der Waals surface area contributed by atoms with Gasteiger partial charge in [-0.25, -0.2) is 9.97 Å². The summed E-state index contributed by atoms with van der Waals surface area (Å²) in [5, 5.41) is 5.64. The van der Waals surface area contributed by atoms with Crippen LogP contribution in [0.3, 0.4) is 0 Å². The topological polar surface area (TPSA) is 61.9 Å². The summed E-state index contributed by atoms with van der Waals surface area (Å²) in [6.07, 6.45) is 0. The van der Waals surface area contributed by atoms with Crippen LogP contribution < -0.4 is 16.2 Å². The van der Waals surface area contributed by atoms with Crippen LogP contribution in [0.15, 0.2) is 23.6 Å². The van der Waals surface area contributed by atoms with Crippen LogP contribution in [0.2, 0.25) is 0 Å². The second-order valence-electron chi connectivity index (χ2n) is 3.99. The standard InChI is InChI=1S/C12H15N5S2/c1-8-6-9(2)15-11(14-8)16-17-12(18)13-7-10-4-3-5-19-10/h3-6H,7H2,1-2H3,(H2,13,17,18)(H,14,15,16). The van der Waals surface area contributed by atoms with E-state index in [2.05, 4.69) is 32.2 Å². The molecule has 2 rings (SSSR count). The lowest BCUT2D eigenvalue weighted by molar-refractivity contribution is 0.888. The Morgan fingerprint density at radius 1 is 1.32 bits per heavy atom. The molecule has 0 aliphatic heterocycles. The van der Waals surface area contributed by atoms with Crippen molar-refractivity contribution in [3.05, 3.63) is 39.8 Å². The molecule has 0 spiro atoms. The van der Waals surface area contributed by atoms with Crippen LogP contribution in [0.1, 0.15) is 16.3 Å². The van der Waals surface area contributed by atoms with E-state index in [9.17, 15) is 0 Å². The Labute approximate surface area is 121 Å². The first-order valence-electron chi connectivity index (χ1n) is 5.78. The fourth-order valence-electron chi connectivity index (χ4n) is 1.52. The van der Waals surface area contributed by atoms with Gasteiger partial charge >= 0.3 is 0 Å². The van der Waals surface area contributed by atoms with Crippen molar-refractivity contribution in [1.82, 2.24) is 20.7 Å². The Morgan fingerprint density at radius 3 is 2.68 bits per heavy atom. The van der Waals surface area contributed by atoms with E-state index in [0.717, 1.165) is 11.4 Å². The molecule has 0 saturated heterocycles. The summed E-state index contributed by atoms with van der Waals surface area (Å²) in [6, 6.07) is 5.99. The minimum atomic E-state index is 0.510. The molecule has 2 aromatic heterocycles. The summed E-state index contributed by atoms with van der Waals surface area (Å²) < 4.78 is 0. The molecule has 0 amide bonds. The minimum absolute atomic E-state index is 0.510. The van der Waals surface area contributed by atoms with Crippen LogP contribution in [-0.2, 0) is 6.54 Å². The van der Waals surface area contributed by atoms with Crippen molar-refractivity contribution in [2.75, 3.05) is 5.43 Å². The summed E-state index contributed by atoms with van der Waals surface area (Å²) >= 11 is 6.84. The summed E-state index contributed by atoms with van der Waals surface area (Å²) in [7, 11) is 0. The molecule has 0 saturated carbocycles. The fourth-order valence-corrected chi connectivity index (χ4v) is 2.29. The molecule has 0 bridgehead atoms. The first-order chi connectivity index (χ1) is 9.13. The summed E-state index contributed by atoms with van der Waals surface area (Å²) in [5.41, 5.74) is 7.57. The third kappa shape index (κ3) is 4.46. The molecule has 0 radical (unpaired) electrons. The normalized spacial score (nSPS) is 10.0. The largest absolute Gasteiger partial charge is 0.356 e. The van der Waals surface area contributed by atoms with Crippen LogP contribution in [0.4, 0.5) is 5.95 Å². The Bertz CT molecular complexity index is 533. The zero-order valence-electron chi connectivity index (χ0n) is 10.7. The molecule has 3 N–H and O–H groups in total. The number of nitrogens with zero attached hydrogens (tertiary/aromatic N) is 2. The van der Waals surface area contributed by atoms with Crippen molar-refractivity contribution < 1.29 is 0 Å². The second-order valence-corrected chi connectivity index (χ2v) is 5.43. The first kappa shape index (κ1) is 13.7. The van der Waals surface area contributed by atoms with Gasteiger partial charge in [0, 0.05) is 16.3 Å². The van der Waals surface area contributed by atoms with Gasteiger partial charge < -0.3 is 5.32 Å². The summed E-state index contributed by atoms with van der Waals surface area (Å²) in [6.45, 7) is 4.55. The molecule has 100 valence electrons. The highest BCUT2D eigenvalue weighted by atomic mass is 32.1. The van der Waals surface area contributed by atoms with E-state index in [1.54, 1.807) is 11.3 Å². The third-order valence-electron chi connectivity index (χ3n) is 2.27. The Morgan fingerprint density at radius 2 is 2.05 bits per heavy atom. The highest BCUT2D eigenvalue weighted by molar-refractivity contribution is 7.80. The average Bonchev–Trinajstić information content (AvgIpc) is 2.86. The molecule has 0 aliphatic carbocycles. The molecule has 0 atom stereocenters. The molecular weight excluding hydrogens is 278 g/mol. The van der Waals surface area contributed by atoms with Gasteiger partial charge in [-0.05, 0) is 43.6 Å². The van der Waals surface area contributed by atoms with Crippen LogP contribution >= 0.6 is 23.6 Å². The number of aromatic nitrogens is 2. The van der Waals surface area contributed by atoms with Gasteiger partial charge in [-0.15, -0.1) is 11.3 Å². The van der Waals surface area contributed by atoms with Crippen molar-refractivity contribution >= 4 is 34.6 Å². The summed E-state index contributed by atoms with van der Waals surface area (Å²) in [4.78, 5) is 9.72. The van der Waals surface area contributed by atoms with Crippen LogP contribution in [0, 0.1) is 13.8 Å². The van der Waals surface area contributed by atoms with Crippen LogP contribution in [0.5, 0.6) is 0 Å². The Balaban J connectivity index is 1.79. The maximum Gasteiger partial charge on any atom is 0.242 e. The van der Waals surface area contributed by atoms with E-state index >= 15 is 0 Å². The van der Waals surface area contributed by atoms with Gasteiger partial charge in [0.25, 0.3) is 0 Å². The molecule has 5 nitrogen and oxygen atoms in total. The second kappa shape index (κ2) is 6.44. The van der Waals surface area contributed by atoms with E-state index in [-0.39, 0.29) is 0 Å². The monoisotopic (exact) mass is 293 g/mol. The van der Waals surface area contributed by atoms with E-state index in [1.807, 2.05) is 31.4 Å². The minimum Gasteiger partial charge on any atom is -0.356 e. The Hall–Kier alpha value is -1.73. The zero-order chi connectivity index (χ0) is 13.7. The Kier molecular flexibility index (Phi) is 4.64. The SMILES string of the molecule is Cc1cc(C)nc(NNC(=S)NCc2cccs2)n1. The molecule has 0 unspecified atom stereocenters. The van der Waals surface area contributed by atoms with E-state index in [4.69, 9.17) is 12.2 Å². The maximum absolute atomic E-state index is 5.16. The predicted octanol–water partition coefficient (Wildman–Crippen LogP) is 2.15. The highest BCUT2D eigenvalue weighted by Gasteiger charge is 2.00. The molecule has 19 heavy (non-hydrogen) atoms. The molecule has 0 aromatic carbocycles. The van der Waals surface area contributed by atoms with Crippen molar-refractivity contribution in [3.63, 3.8) is 0 Å². The van der Waals surface area contributed by atoms with Gasteiger partial charge in [-0.3, -0.25) is 10.9 Å². The lowest BCUT2D eigenvalue weighted by Crippen LogP contribution is -2.38. The van der Waals surface area contributed by atoms with Gasteiger partial charge in [0.2, 0.25) is 5.95 Å². The number of rotatable bonds is 4. The van der Waals surface area contributed by atoms with Gasteiger partial charge in [0.05, 0.1) is 6.54 Å². The fraction of sp³-hybridized carbons (Fsp3) is 0.250. The zero-order valence-corrected chi connectivity index (χ0v) is 12.4.